The summed E-state index contributed by atoms with van der Waals surface area (Å²) in [5, 5.41) is 27.7. The number of hydrogen-bond acceptors (Lipinski definition) is 7. The predicted molar refractivity (Wildman–Crippen MR) is 113 cm³/mol. The smallest absolute Gasteiger partial charge is 0.417 e. The molecule has 1 amide bonds. The molecule has 3 heterocycles. The van der Waals surface area contributed by atoms with Gasteiger partial charge in [0.1, 0.15) is 12.0 Å². The number of anilines is 1. The number of carbonyl (C=O) groups is 1. The Morgan fingerprint density at radius 3 is 2.76 bits per heavy atom. The van der Waals surface area contributed by atoms with Crippen molar-refractivity contribution in [1.82, 2.24) is 19.5 Å². The first-order chi connectivity index (χ1) is 16.1. The van der Waals surface area contributed by atoms with Gasteiger partial charge in [0.2, 0.25) is 0 Å². The molecule has 4 rings (SSSR count). The van der Waals surface area contributed by atoms with Crippen LogP contribution in [0.3, 0.4) is 0 Å². The quantitative estimate of drug-likeness (QED) is 0.415. The van der Waals surface area contributed by atoms with Crippen molar-refractivity contribution in [1.29, 1.82) is 0 Å². The molecule has 180 valence electrons. The zero-order valence-electron chi connectivity index (χ0n) is 17.7. The third kappa shape index (κ3) is 4.38. The molecule has 0 radical (unpaired) electrons. The number of rotatable bonds is 5. The fraction of sp³-hybridized carbons (Fsp3) is 0.350. The van der Waals surface area contributed by atoms with E-state index in [0.717, 1.165) is 11.0 Å². The van der Waals surface area contributed by atoms with Crippen molar-refractivity contribution in [3.63, 3.8) is 0 Å². The van der Waals surface area contributed by atoms with Gasteiger partial charge in [0, 0.05) is 42.5 Å². The molecule has 1 fully saturated rings. The fourth-order valence-corrected chi connectivity index (χ4v) is 4.01. The summed E-state index contributed by atoms with van der Waals surface area (Å²) in [5.41, 5.74) is -2.19. The Balaban J connectivity index is 1.83. The maximum Gasteiger partial charge on any atom is 0.417 e. The van der Waals surface area contributed by atoms with E-state index in [9.17, 15) is 33.2 Å². The number of pyridine rings is 1. The lowest BCUT2D eigenvalue weighted by molar-refractivity contribution is -0.384. The number of nitro groups is 1. The Bertz CT molecular complexity index is 1260. The van der Waals surface area contributed by atoms with Crippen molar-refractivity contribution in [3.8, 4) is 16.9 Å². The molecule has 1 aromatic carbocycles. The Morgan fingerprint density at radius 1 is 1.35 bits per heavy atom. The van der Waals surface area contributed by atoms with Crippen LogP contribution in [0.25, 0.3) is 16.8 Å². The van der Waals surface area contributed by atoms with Crippen molar-refractivity contribution in [3.05, 3.63) is 46.4 Å². The number of halogens is 3. The number of nitro benzene ring substituents is 1. The Morgan fingerprint density at radius 2 is 2.12 bits per heavy atom. The molecule has 2 N–H and O–H groups in total. The lowest BCUT2D eigenvalue weighted by Gasteiger charge is -2.31. The second kappa shape index (κ2) is 8.68. The van der Waals surface area contributed by atoms with Crippen molar-refractivity contribution in [2.24, 2.45) is 0 Å². The van der Waals surface area contributed by atoms with Gasteiger partial charge in [-0.1, -0.05) is 0 Å². The molecular weight excluding hydrogens is 461 g/mol. The molecule has 14 heteroatoms. The maximum atomic E-state index is 14.1. The number of fused-ring (bicyclic) bond motifs is 1. The van der Waals surface area contributed by atoms with Crippen LogP contribution in [-0.2, 0) is 6.18 Å². The van der Waals surface area contributed by atoms with Gasteiger partial charge in [-0.15, -0.1) is 0 Å². The van der Waals surface area contributed by atoms with Crippen LogP contribution in [0.2, 0.25) is 0 Å². The maximum absolute atomic E-state index is 14.1. The van der Waals surface area contributed by atoms with Crippen molar-refractivity contribution < 1.29 is 32.7 Å². The topological polar surface area (TPSA) is 135 Å². The van der Waals surface area contributed by atoms with E-state index in [1.807, 2.05) is 0 Å². The monoisotopic (exact) mass is 480 g/mol. The van der Waals surface area contributed by atoms with E-state index in [-0.39, 0.29) is 35.7 Å². The van der Waals surface area contributed by atoms with Gasteiger partial charge >= 0.3 is 12.3 Å². The zero-order valence-corrected chi connectivity index (χ0v) is 17.7. The van der Waals surface area contributed by atoms with Gasteiger partial charge in [-0.05, 0) is 25.0 Å². The molecule has 1 atom stereocenters. The van der Waals surface area contributed by atoms with E-state index >= 15 is 0 Å². The van der Waals surface area contributed by atoms with Crippen molar-refractivity contribution in [2.45, 2.75) is 25.1 Å². The number of nitrogens with zero attached hydrogens (tertiary/aromatic N) is 5. The molecule has 1 aliphatic rings. The molecule has 0 spiro atoms. The van der Waals surface area contributed by atoms with Crippen molar-refractivity contribution >= 4 is 23.1 Å². The fourth-order valence-electron chi connectivity index (χ4n) is 4.01. The number of alkyl halides is 3. The molecule has 0 bridgehead atoms. The Hall–Kier alpha value is -4.10. The minimum absolute atomic E-state index is 0.00421. The molecule has 1 saturated heterocycles. The summed E-state index contributed by atoms with van der Waals surface area (Å²) < 4.78 is 48.7. The lowest BCUT2D eigenvalue weighted by Crippen LogP contribution is -2.44. The van der Waals surface area contributed by atoms with E-state index in [0.29, 0.717) is 18.9 Å². The number of hydrogen-bond donors (Lipinski definition) is 2. The molecule has 2 aromatic heterocycles. The van der Waals surface area contributed by atoms with Gasteiger partial charge in [-0.3, -0.25) is 10.1 Å². The van der Waals surface area contributed by atoms with Gasteiger partial charge in [-0.2, -0.15) is 18.3 Å². The molecular formula is C20H19F3N6O5. The summed E-state index contributed by atoms with van der Waals surface area (Å²) in [7, 11) is 1.32. The van der Waals surface area contributed by atoms with Crippen LogP contribution in [0.1, 0.15) is 18.4 Å². The highest BCUT2D eigenvalue weighted by molar-refractivity contribution is 5.79. The highest BCUT2D eigenvalue weighted by Crippen LogP contribution is 2.43. The number of methoxy groups -OCH3 is 1. The number of likely N-dealkylation sites (tertiary alicyclic amines) is 1. The first kappa shape index (κ1) is 23.1. The molecule has 34 heavy (non-hydrogen) atoms. The standard InChI is InChI=1S/C20H19F3N6O5/c1-34-17-5-11(8-28-18(17)24-10-25-28)13-6-16(29(32)33)15(7-14(13)20(21,22)23)26-12-3-2-4-27(9-12)19(30)31/h5-8,10,12,26H,2-4,9H2,1H3,(H,30,31)/t12-/m1/s1. The molecule has 0 saturated carbocycles. The van der Waals surface area contributed by atoms with E-state index < -0.39 is 40.0 Å². The zero-order chi connectivity index (χ0) is 24.6. The summed E-state index contributed by atoms with van der Waals surface area (Å²) in [6.07, 6.45) is -2.61. The highest BCUT2D eigenvalue weighted by Gasteiger charge is 2.37. The number of nitrogens with one attached hydrogen (secondary N) is 1. The van der Waals surface area contributed by atoms with Crippen molar-refractivity contribution in [2.75, 3.05) is 25.5 Å². The summed E-state index contributed by atoms with van der Waals surface area (Å²) in [6, 6.07) is 2.25. The molecule has 11 nitrogen and oxygen atoms in total. The van der Waals surface area contributed by atoms with E-state index in [2.05, 4.69) is 15.4 Å². The molecule has 0 aliphatic carbocycles. The first-order valence-corrected chi connectivity index (χ1v) is 10.1. The lowest BCUT2D eigenvalue weighted by atomic mass is 9.97. The normalized spacial score (nSPS) is 16.5. The summed E-state index contributed by atoms with van der Waals surface area (Å²) >= 11 is 0. The Labute approximate surface area is 189 Å². The van der Waals surface area contributed by atoms with E-state index in [1.54, 1.807) is 0 Å². The minimum Gasteiger partial charge on any atom is -0.493 e. The van der Waals surface area contributed by atoms with Gasteiger partial charge in [0.15, 0.2) is 11.4 Å². The number of carboxylic acid groups (broad SMARTS) is 1. The van der Waals surface area contributed by atoms with Gasteiger partial charge in [0.05, 0.1) is 17.6 Å². The largest absolute Gasteiger partial charge is 0.493 e. The Kier molecular flexibility index (Phi) is 5.89. The second-order valence-electron chi connectivity index (χ2n) is 7.71. The average molecular weight is 480 g/mol. The third-order valence-corrected chi connectivity index (χ3v) is 5.56. The van der Waals surface area contributed by atoms with Crippen LogP contribution in [0, 0.1) is 10.1 Å². The molecule has 0 unspecified atom stereocenters. The van der Waals surface area contributed by atoms with Crippen LogP contribution in [-0.4, -0.2) is 61.9 Å². The van der Waals surface area contributed by atoms with Gasteiger partial charge in [0.25, 0.3) is 5.69 Å². The summed E-state index contributed by atoms with van der Waals surface area (Å²) in [4.78, 5) is 27.4. The van der Waals surface area contributed by atoms with Crippen LogP contribution in [0.4, 0.5) is 29.3 Å². The van der Waals surface area contributed by atoms with E-state index in [1.165, 1.54) is 30.2 Å². The number of ether oxygens (including phenoxy) is 1. The minimum atomic E-state index is -4.84. The van der Waals surface area contributed by atoms with Crippen LogP contribution in [0.5, 0.6) is 5.75 Å². The summed E-state index contributed by atoms with van der Waals surface area (Å²) in [5.74, 6) is 0.143. The summed E-state index contributed by atoms with van der Waals surface area (Å²) in [6.45, 7) is 0.282. The first-order valence-electron chi connectivity index (χ1n) is 10.1. The number of piperidine rings is 1. The van der Waals surface area contributed by atoms with Gasteiger partial charge in [-0.25, -0.2) is 14.3 Å². The SMILES string of the molecule is COc1cc(-c2cc([N+](=O)[O-])c(N[C@@H]3CCCN(C(=O)O)C3)cc2C(F)(F)F)cn2ncnc12. The number of benzene rings is 1. The van der Waals surface area contributed by atoms with Crippen LogP contribution >= 0.6 is 0 Å². The number of amides is 1. The average Bonchev–Trinajstić information content (AvgIpc) is 3.26. The van der Waals surface area contributed by atoms with Crippen LogP contribution < -0.4 is 10.1 Å². The van der Waals surface area contributed by atoms with E-state index in [4.69, 9.17) is 4.74 Å². The molecule has 1 aliphatic heterocycles. The van der Waals surface area contributed by atoms with Gasteiger partial charge < -0.3 is 20.1 Å². The third-order valence-electron chi connectivity index (χ3n) is 5.56. The van der Waals surface area contributed by atoms with Crippen LogP contribution in [0.15, 0.2) is 30.7 Å². The highest BCUT2D eigenvalue weighted by atomic mass is 19.4. The second-order valence-corrected chi connectivity index (χ2v) is 7.71. The molecule has 3 aromatic rings. The number of aromatic nitrogens is 3. The predicted octanol–water partition coefficient (Wildman–Crippen LogP) is 3.89.